The van der Waals surface area contributed by atoms with Crippen LogP contribution in [0.5, 0.6) is 11.5 Å². The van der Waals surface area contributed by atoms with Gasteiger partial charge in [-0.05, 0) is 29.8 Å². The summed E-state index contributed by atoms with van der Waals surface area (Å²) in [5.41, 5.74) is 3.87. The summed E-state index contributed by atoms with van der Waals surface area (Å²) in [6.07, 6.45) is 6.24. The van der Waals surface area contributed by atoms with Crippen LogP contribution in [0.4, 0.5) is 0 Å². The highest BCUT2D eigenvalue weighted by molar-refractivity contribution is 5.99. The molecular weight excluding hydrogens is 370 g/mol. The van der Waals surface area contributed by atoms with Crippen molar-refractivity contribution in [1.29, 1.82) is 0 Å². The standard InChI is InChI=1S/C22H19N3O4/c1-27-20-6-5-13(10-21(20)28-2)15-11-23-25-12-16-17(24-22(15)25)8-14(9-18(16)26)19-4-3-7-29-19/h3-7,10-12,14H,8-9H2,1-2H3. The zero-order chi connectivity index (χ0) is 20.0. The molecule has 1 unspecified atom stereocenters. The normalized spacial score (nSPS) is 16.1. The number of hydrogen-bond donors (Lipinski definition) is 0. The number of furan rings is 1. The van der Waals surface area contributed by atoms with Crippen LogP contribution in [0.2, 0.25) is 0 Å². The first-order valence-corrected chi connectivity index (χ1v) is 9.34. The van der Waals surface area contributed by atoms with Gasteiger partial charge in [0.25, 0.3) is 0 Å². The first kappa shape index (κ1) is 17.5. The van der Waals surface area contributed by atoms with Gasteiger partial charge in [-0.3, -0.25) is 4.79 Å². The number of hydrogen-bond acceptors (Lipinski definition) is 6. The highest BCUT2D eigenvalue weighted by Crippen LogP contribution is 2.36. The fourth-order valence-corrected chi connectivity index (χ4v) is 3.91. The number of rotatable bonds is 4. The molecule has 0 saturated heterocycles. The van der Waals surface area contributed by atoms with Crippen LogP contribution in [0, 0.1) is 0 Å². The van der Waals surface area contributed by atoms with Gasteiger partial charge < -0.3 is 13.9 Å². The lowest BCUT2D eigenvalue weighted by atomic mass is 9.85. The quantitative estimate of drug-likeness (QED) is 0.526. The van der Waals surface area contributed by atoms with Gasteiger partial charge in [0.15, 0.2) is 22.9 Å². The predicted molar refractivity (Wildman–Crippen MR) is 106 cm³/mol. The minimum atomic E-state index is 0.00685. The number of ether oxygens (including phenoxy) is 2. The molecule has 0 fully saturated rings. The molecule has 5 rings (SSSR count). The lowest BCUT2D eigenvalue weighted by Crippen LogP contribution is -2.21. The number of ketones is 1. The molecule has 0 N–H and O–H groups in total. The van der Waals surface area contributed by atoms with E-state index in [-0.39, 0.29) is 11.7 Å². The lowest BCUT2D eigenvalue weighted by Gasteiger charge is -2.21. The van der Waals surface area contributed by atoms with Crippen molar-refractivity contribution in [2.45, 2.75) is 18.8 Å². The van der Waals surface area contributed by atoms with Crippen LogP contribution in [0.3, 0.4) is 0 Å². The summed E-state index contributed by atoms with van der Waals surface area (Å²) in [5.74, 6) is 2.18. The molecule has 7 heteroatoms. The van der Waals surface area contributed by atoms with E-state index in [0.717, 1.165) is 22.6 Å². The van der Waals surface area contributed by atoms with Gasteiger partial charge in [-0.25, -0.2) is 9.50 Å². The van der Waals surface area contributed by atoms with Crippen LogP contribution in [-0.2, 0) is 6.42 Å². The molecule has 0 bridgehead atoms. The zero-order valence-electron chi connectivity index (χ0n) is 16.1. The summed E-state index contributed by atoms with van der Waals surface area (Å²) in [6, 6.07) is 9.45. The summed E-state index contributed by atoms with van der Waals surface area (Å²) in [6.45, 7) is 0. The Balaban J connectivity index is 1.60. The minimum Gasteiger partial charge on any atom is -0.493 e. The Morgan fingerprint density at radius 1 is 1.10 bits per heavy atom. The van der Waals surface area contributed by atoms with Gasteiger partial charge in [0.2, 0.25) is 0 Å². The number of aromatic nitrogens is 3. The van der Waals surface area contributed by atoms with Crippen LogP contribution >= 0.6 is 0 Å². The maximum Gasteiger partial charge on any atom is 0.167 e. The fraction of sp³-hybridized carbons (Fsp3) is 0.227. The number of methoxy groups -OCH3 is 2. The molecule has 1 aliphatic rings. The average molecular weight is 389 g/mol. The third kappa shape index (κ3) is 2.86. The van der Waals surface area contributed by atoms with E-state index < -0.39 is 0 Å². The van der Waals surface area contributed by atoms with Crippen molar-refractivity contribution in [1.82, 2.24) is 14.6 Å². The van der Waals surface area contributed by atoms with E-state index in [9.17, 15) is 4.79 Å². The molecule has 0 amide bonds. The molecule has 0 aliphatic heterocycles. The SMILES string of the molecule is COc1ccc(-c2cnn3cc4c(nc23)CC(c2ccco2)CC4=O)cc1OC. The van der Waals surface area contributed by atoms with Crippen molar-refractivity contribution in [3.63, 3.8) is 0 Å². The number of Topliss-reactive ketones (excluding diaryl/α,β-unsaturated/α-hetero) is 1. The van der Waals surface area contributed by atoms with Crippen molar-refractivity contribution in [2.24, 2.45) is 0 Å². The molecule has 29 heavy (non-hydrogen) atoms. The summed E-state index contributed by atoms with van der Waals surface area (Å²) >= 11 is 0. The molecule has 1 aromatic carbocycles. The summed E-state index contributed by atoms with van der Waals surface area (Å²) in [4.78, 5) is 17.5. The number of nitrogens with zero attached hydrogens (tertiary/aromatic N) is 3. The molecule has 7 nitrogen and oxygen atoms in total. The Labute approximate surface area is 166 Å². The third-order valence-electron chi connectivity index (χ3n) is 5.38. The Bertz CT molecular complexity index is 1210. The fourth-order valence-electron chi connectivity index (χ4n) is 3.91. The zero-order valence-corrected chi connectivity index (χ0v) is 16.1. The summed E-state index contributed by atoms with van der Waals surface area (Å²) in [5, 5.41) is 4.42. The second-order valence-electron chi connectivity index (χ2n) is 7.04. The highest BCUT2D eigenvalue weighted by atomic mass is 16.5. The van der Waals surface area contributed by atoms with E-state index in [0.29, 0.717) is 35.6 Å². The maximum atomic E-state index is 12.7. The van der Waals surface area contributed by atoms with Crippen LogP contribution in [0.1, 0.15) is 34.2 Å². The molecule has 4 aromatic rings. The predicted octanol–water partition coefficient (Wildman–Crippen LogP) is 3.92. The van der Waals surface area contributed by atoms with E-state index in [1.165, 1.54) is 0 Å². The number of carbonyl (C=O) groups is 1. The first-order chi connectivity index (χ1) is 14.2. The smallest absolute Gasteiger partial charge is 0.167 e. The van der Waals surface area contributed by atoms with Crippen LogP contribution < -0.4 is 9.47 Å². The van der Waals surface area contributed by atoms with E-state index in [2.05, 4.69) is 5.10 Å². The second-order valence-corrected chi connectivity index (χ2v) is 7.04. The molecule has 3 heterocycles. The highest BCUT2D eigenvalue weighted by Gasteiger charge is 2.30. The topological polar surface area (TPSA) is 78.9 Å². The monoisotopic (exact) mass is 389 g/mol. The maximum absolute atomic E-state index is 12.7. The van der Waals surface area contributed by atoms with Crippen LogP contribution in [0.25, 0.3) is 16.8 Å². The largest absolute Gasteiger partial charge is 0.493 e. The van der Waals surface area contributed by atoms with Crippen molar-refractivity contribution < 1.29 is 18.7 Å². The van der Waals surface area contributed by atoms with Crippen LogP contribution in [-0.4, -0.2) is 34.6 Å². The Morgan fingerprint density at radius 3 is 2.72 bits per heavy atom. The molecule has 0 spiro atoms. The van der Waals surface area contributed by atoms with Gasteiger partial charge in [-0.2, -0.15) is 5.10 Å². The Morgan fingerprint density at radius 2 is 1.97 bits per heavy atom. The number of fused-ring (bicyclic) bond motifs is 2. The van der Waals surface area contributed by atoms with Gasteiger partial charge in [0.05, 0.1) is 37.9 Å². The lowest BCUT2D eigenvalue weighted by molar-refractivity contribution is 0.0958. The average Bonchev–Trinajstić information content (AvgIpc) is 3.42. The van der Waals surface area contributed by atoms with Crippen molar-refractivity contribution in [3.05, 3.63) is 66.0 Å². The first-order valence-electron chi connectivity index (χ1n) is 9.34. The van der Waals surface area contributed by atoms with E-state index in [1.54, 1.807) is 37.4 Å². The van der Waals surface area contributed by atoms with E-state index in [1.807, 2.05) is 30.3 Å². The molecule has 0 saturated carbocycles. The Kier molecular flexibility index (Phi) is 4.08. The second kappa shape index (κ2) is 6.77. The van der Waals surface area contributed by atoms with Crippen molar-refractivity contribution >= 4 is 11.4 Å². The summed E-state index contributed by atoms with van der Waals surface area (Å²) < 4.78 is 17.9. The van der Waals surface area contributed by atoms with Gasteiger partial charge in [0, 0.05) is 30.5 Å². The van der Waals surface area contributed by atoms with Crippen LogP contribution in [0.15, 0.2) is 53.4 Å². The molecule has 1 aliphatic carbocycles. The summed E-state index contributed by atoms with van der Waals surface area (Å²) in [7, 11) is 3.21. The van der Waals surface area contributed by atoms with Crippen molar-refractivity contribution in [2.75, 3.05) is 14.2 Å². The van der Waals surface area contributed by atoms with Gasteiger partial charge in [0.1, 0.15) is 5.76 Å². The van der Waals surface area contributed by atoms with Gasteiger partial charge in [-0.15, -0.1) is 0 Å². The molecular formula is C22H19N3O4. The molecule has 1 atom stereocenters. The molecule has 0 radical (unpaired) electrons. The van der Waals surface area contributed by atoms with Gasteiger partial charge in [-0.1, -0.05) is 6.07 Å². The van der Waals surface area contributed by atoms with E-state index >= 15 is 0 Å². The Hall–Kier alpha value is -3.61. The van der Waals surface area contributed by atoms with Gasteiger partial charge >= 0.3 is 0 Å². The third-order valence-corrected chi connectivity index (χ3v) is 5.38. The minimum absolute atomic E-state index is 0.00685. The van der Waals surface area contributed by atoms with Crippen molar-refractivity contribution in [3.8, 4) is 22.6 Å². The number of carbonyl (C=O) groups excluding carboxylic acids is 1. The number of benzene rings is 1. The van der Waals surface area contributed by atoms with E-state index in [4.69, 9.17) is 18.9 Å². The molecule has 3 aromatic heterocycles. The molecule has 146 valence electrons.